The Morgan fingerprint density at radius 3 is 2.71 bits per heavy atom. The van der Waals surface area contributed by atoms with Gasteiger partial charge in [0, 0.05) is 30.6 Å². The van der Waals surface area contributed by atoms with Gasteiger partial charge in [0.1, 0.15) is 0 Å². The van der Waals surface area contributed by atoms with E-state index in [-0.39, 0.29) is 23.8 Å². The van der Waals surface area contributed by atoms with Crippen molar-refractivity contribution in [2.75, 3.05) is 6.54 Å². The van der Waals surface area contributed by atoms with Gasteiger partial charge in [-0.2, -0.15) is 0 Å². The summed E-state index contributed by atoms with van der Waals surface area (Å²) in [7, 11) is 0. The van der Waals surface area contributed by atoms with Crippen LogP contribution in [0.15, 0.2) is 24.3 Å². The average Bonchev–Trinajstić information content (AvgIpc) is 2.82. The molecule has 1 N–H and O–H groups in total. The summed E-state index contributed by atoms with van der Waals surface area (Å²) in [4.78, 5) is 25.9. The van der Waals surface area contributed by atoms with Gasteiger partial charge in [0.05, 0.1) is 5.92 Å². The zero-order valence-corrected chi connectivity index (χ0v) is 13.2. The second-order valence-corrected chi connectivity index (χ2v) is 6.06. The Labute approximate surface area is 130 Å². The fourth-order valence-corrected chi connectivity index (χ4v) is 2.50. The number of nitrogens with one attached hydrogen (secondary N) is 1. The molecule has 1 saturated heterocycles. The van der Waals surface area contributed by atoms with Crippen molar-refractivity contribution in [3.05, 3.63) is 34.9 Å². The standard InChI is InChI=1S/C16H21ClN2O2/c1-3-11(2)18-16(21)13-8-15(20)19(10-13)9-12-4-6-14(17)7-5-12/h4-7,11,13H,3,8-10H2,1-2H3,(H,18,21). The Bertz CT molecular complexity index is 516. The predicted octanol–water partition coefficient (Wildman–Crippen LogP) is 2.60. The van der Waals surface area contributed by atoms with E-state index < -0.39 is 0 Å². The van der Waals surface area contributed by atoms with E-state index in [4.69, 9.17) is 11.6 Å². The van der Waals surface area contributed by atoms with Crippen LogP contribution in [0.25, 0.3) is 0 Å². The number of amides is 2. The lowest BCUT2D eigenvalue weighted by atomic mass is 10.1. The van der Waals surface area contributed by atoms with Gasteiger partial charge >= 0.3 is 0 Å². The third-order valence-electron chi connectivity index (χ3n) is 3.87. The smallest absolute Gasteiger partial charge is 0.225 e. The Hall–Kier alpha value is -1.55. The fourth-order valence-electron chi connectivity index (χ4n) is 2.37. The van der Waals surface area contributed by atoms with Crippen LogP contribution in [-0.2, 0) is 16.1 Å². The molecule has 1 aromatic rings. The molecule has 0 spiro atoms. The third kappa shape index (κ3) is 4.21. The van der Waals surface area contributed by atoms with Gasteiger partial charge < -0.3 is 10.2 Å². The van der Waals surface area contributed by atoms with E-state index >= 15 is 0 Å². The van der Waals surface area contributed by atoms with E-state index in [9.17, 15) is 9.59 Å². The highest BCUT2D eigenvalue weighted by atomic mass is 35.5. The number of benzene rings is 1. The van der Waals surface area contributed by atoms with Crippen LogP contribution < -0.4 is 5.32 Å². The normalized spacial score (nSPS) is 19.7. The number of likely N-dealkylation sites (tertiary alicyclic amines) is 1. The van der Waals surface area contributed by atoms with Crippen LogP contribution in [0, 0.1) is 5.92 Å². The summed E-state index contributed by atoms with van der Waals surface area (Å²) in [6, 6.07) is 7.58. The lowest BCUT2D eigenvalue weighted by Gasteiger charge is -2.18. The molecule has 0 aliphatic carbocycles. The van der Waals surface area contributed by atoms with Crippen LogP contribution in [0.3, 0.4) is 0 Å². The minimum Gasteiger partial charge on any atom is -0.353 e. The average molecular weight is 309 g/mol. The Morgan fingerprint density at radius 2 is 2.10 bits per heavy atom. The molecule has 5 heteroatoms. The number of nitrogens with zero attached hydrogens (tertiary/aromatic N) is 1. The highest BCUT2D eigenvalue weighted by Gasteiger charge is 2.34. The van der Waals surface area contributed by atoms with E-state index in [1.165, 1.54) is 0 Å². The molecule has 21 heavy (non-hydrogen) atoms. The van der Waals surface area contributed by atoms with Gasteiger partial charge in [-0.1, -0.05) is 30.7 Å². The number of carbonyl (C=O) groups excluding carboxylic acids is 2. The van der Waals surface area contributed by atoms with E-state index in [1.54, 1.807) is 4.90 Å². The largest absolute Gasteiger partial charge is 0.353 e. The minimum absolute atomic E-state index is 0.0173. The molecule has 0 radical (unpaired) electrons. The Morgan fingerprint density at radius 1 is 1.43 bits per heavy atom. The second kappa shape index (κ2) is 6.94. The molecule has 1 fully saturated rings. The van der Waals surface area contributed by atoms with Gasteiger partial charge in [-0.3, -0.25) is 9.59 Å². The number of hydrogen-bond donors (Lipinski definition) is 1. The summed E-state index contributed by atoms with van der Waals surface area (Å²) in [5, 5.41) is 3.63. The molecule has 1 aliphatic heterocycles. The molecule has 2 atom stereocenters. The summed E-state index contributed by atoms with van der Waals surface area (Å²) in [5.74, 6) is -0.218. The van der Waals surface area contributed by atoms with E-state index in [2.05, 4.69) is 5.32 Å². The first-order chi connectivity index (χ1) is 9.99. The van der Waals surface area contributed by atoms with E-state index in [0.717, 1.165) is 12.0 Å². The van der Waals surface area contributed by atoms with E-state index in [1.807, 2.05) is 38.1 Å². The quantitative estimate of drug-likeness (QED) is 0.909. The topological polar surface area (TPSA) is 49.4 Å². The maximum atomic E-state index is 12.1. The zero-order chi connectivity index (χ0) is 15.4. The van der Waals surface area contributed by atoms with Crippen molar-refractivity contribution in [3.63, 3.8) is 0 Å². The fraction of sp³-hybridized carbons (Fsp3) is 0.500. The number of halogens is 1. The van der Waals surface area contributed by atoms with Crippen LogP contribution in [0.4, 0.5) is 0 Å². The first kappa shape index (κ1) is 15.8. The maximum Gasteiger partial charge on any atom is 0.225 e. The predicted molar refractivity (Wildman–Crippen MR) is 82.9 cm³/mol. The van der Waals surface area contributed by atoms with Gasteiger partial charge in [0.25, 0.3) is 0 Å². The van der Waals surface area contributed by atoms with Crippen molar-refractivity contribution in [3.8, 4) is 0 Å². The van der Waals surface area contributed by atoms with Crippen LogP contribution in [0.5, 0.6) is 0 Å². The maximum absolute atomic E-state index is 12.1. The third-order valence-corrected chi connectivity index (χ3v) is 4.12. The second-order valence-electron chi connectivity index (χ2n) is 5.62. The molecule has 1 heterocycles. The molecular formula is C16H21ClN2O2. The molecule has 4 nitrogen and oxygen atoms in total. The van der Waals surface area contributed by atoms with Crippen molar-refractivity contribution >= 4 is 23.4 Å². The Kier molecular flexibility index (Phi) is 5.23. The minimum atomic E-state index is -0.237. The molecule has 1 aromatic carbocycles. The van der Waals surface area contributed by atoms with Crippen molar-refractivity contribution in [1.82, 2.24) is 10.2 Å². The summed E-state index contributed by atoms with van der Waals surface area (Å²) in [6.45, 7) is 5.02. The first-order valence-corrected chi connectivity index (χ1v) is 7.70. The molecule has 2 unspecified atom stereocenters. The number of carbonyl (C=O) groups is 2. The van der Waals surface area contributed by atoms with Crippen LogP contribution in [0.1, 0.15) is 32.3 Å². The van der Waals surface area contributed by atoms with Crippen LogP contribution in [0.2, 0.25) is 5.02 Å². The van der Waals surface area contributed by atoms with Crippen molar-refractivity contribution in [1.29, 1.82) is 0 Å². The SMILES string of the molecule is CCC(C)NC(=O)C1CC(=O)N(Cc2ccc(Cl)cc2)C1. The number of hydrogen-bond acceptors (Lipinski definition) is 2. The summed E-state index contributed by atoms with van der Waals surface area (Å²) in [5.41, 5.74) is 1.02. The molecule has 2 rings (SSSR count). The van der Waals surface area contributed by atoms with Crippen molar-refractivity contribution in [2.24, 2.45) is 5.92 Å². The molecule has 0 aromatic heterocycles. The summed E-state index contributed by atoms with van der Waals surface area (Å²) >= 11 is 5.85. The Balaban J connectivity index is 1.93. The molecule has 0 bridgehead atoms. The molecule has 114 valence electrons. The van der Waals surface area contributed by atoms with Crippen molar-refractivity contribution in [2.45, 2.75) is 39.3 Å². The highest BCUT2D eigenvalue weighted by molar-refractivity contribution is 6.30. The van der Waals surface area contributed by atoms with Gasteiger partial charge in [0.2, 0.25) is 11.8 Å². The van der Waals surface area contributed by atoms with Crippen LogP contribution in [-0.4, -0.2) is 29.3 Å². The van der Waals surface area contributed by atoms with Crippen LogP contribution >= 0.6 is 11.6 Å². The molecular weight excluding hydrogens is 288 g/mol. The monoisotopic (exact) mass is 308 g/mol. The zero-order valence-electron chi connectivity index (χ0n) is 12.4. The number of rotatable bonds is 5. The lowest BCUT2D eigenvalue weighted by Crippen LogP contribution is -2.38. The highest BCUT2D eigenvalue weighted by Crippen LogP contribution is 2.21. The van der Waals surface area contributed by atoms with Gasteiger partial charge in [-0.25, -0.2) is 0 Å². The van der Waals surface area contributed by atoms with E-state index in [0.29, 0.717) is 24.5 Å². The van der Waals surface area contributed by atoms with Gasteiger partial charge in [-0.15, -0.1) is 0 Å². The summed E-state index contributed by atoms with van der Waals surface area (Å²) in [6.07, 6.45) is 1.19. The lowest BCUT2D eigenvalue weighted by molar-refractivity contribution is -0.129. The summed E-state index contributed by atoms with van der Waals surface area (Å²) < 4.78 is 0. The van der Waals surface area contributed by atoms with Crippen molar-refractivity contribution < 1.29 is 9.59 Å². The molecule has 1 aliphatic rings. The van der Waals surface area contributed by atoms with Gasteiger partial charge in [0.15, 0.2) is 0 Å². The van der Waals surface area contributed by atoms with Gasteiger partial charge in [-0.05, 0) is 31.0 Å². The first-order valence-electron chi connectivity index (χ1n) is 7.32. The molecule has 2 amide bonds. The molecule has 0 saturated carbocycles.